The second kappa shape index (κ2) is 7.61. The third-order valence-electron chi connectivity index (χ3n) is 5.51. The van der Waals surface area contributed by atoms with Crippen LogP contribution in [0.15, 0.2) is 0 Å². The minimum absolute atomic E-state index is 0.0246. The van der Waals surface area contributed by atoms with E-state index in [9.17, 15) is 19.2 Å². The molecular formula is C17H25N3O6. The number of imide groups is 1. The van der Waals surface area contributed by atoms with Crippen LogP contribution in [0.2, 0.25) is 0 Å². The lowest BCUT2D eigenvalue weighted by Crippen LogP contribution is -2.54. The van der Waals surface area contributed by atoms with Crippen LogP contribution in [0.1, 0.15) is 32.6 Å². The topological polar surface area (TPSA) is 105 Å². The Kier molecular flexibility index (Phi) is 5.45. The summed E-state index contributed by atoms with van der Waals surface area (Å²) in [7, 11) is 0. The molecule has 3 rings (SSSR count). The summed E-state index contributed by atoms with van der Waals surface area (Å²) in [5.74, 6) is -1.42. The number of esters is 1. The molecule has 144 valence electrons. The van der Waals surface area contributed by atoms with Gasteiger partial charge in [-0.25, -0.2) is 4.79 Å². The normalized spacial score (nSPS) is 29.0. The van der Waals surface area contributed by atoms with Gasteiger partial charge in [-0.1, -0.05) is 19.8 Å². The lowest BCUT2D eigenvalue weighted by atomic mass is 9.73. The van der Waals surface area contributed by atoms with Crippen molar-refractivity contribution in [3.8, 4) is 0 Å². The first-order valence-electron chi connectivity index (χ1n) is 9.09. The Morgan fingerprint density at radius 2 is 2.00 bits per heavy atom. The number of carbonyl (C=O) groups excluding carboxylic acids is 4. The molecule has 0 aromatic heterocycles. The van der Waals surface area contributed by atoms with Crippen LogP contribution >= 0.6 is 0 Å². The summed E-state index contributed by atoms with van der Waals surface area (Å²) in [4.78, 5) is 51.5. The summed E-state index contributed by atoms with van der Waals surface area (Å²) in [6, 6.07) is -0.569. The number of hydrogen-bond donors (Lipinski definition) is 1. The second-order valence-electron chi connectivity index (χ2n) is 7.09. The molecule has 3 fully saturated rings. The predicted molar refractivity (Wildman–Crippen MR) is 89.0 cm³/mol. The van der Waals surface area contributed by atoms with Crippen LogP contribution in [-0.4, -0.2) is 78.6 Å². The molecule has 1 N–H and O–H groups in total. The molecule has 1 spiro atoms. The molecule has 0 bridgehead atoms. The quantitative estimate of drug-likeness (QED) is 0.549. The van der Waals surface area contributed by atoms with Crippen molar-refractivity contribution in [2.24, 2.45) is 5.92 Å². The summed E-state index contributed by atoms with van der Waals surface area (Å²) >= 11 is 0. The van der Waals surface area contributed by atoms with Gasteiger partial charge in [-0.15, -0.1) is 0 Å². The minimum Gasteiger partial charge on any atom is -0.454 e. The van der Waals surface area contributed by atoms with E-state index in [4.69, 9.17) is 9.47 Å². The Morgan fingerprint density at radius 1 is 1.27 bits per heavy atom. The minimum atomic E-state index is -0.904. The molecule has 1 aliphatic carbocycles. The SMILES string of the molecule is C[C@@H]1CCCC[C@]12NC(=O)N(CC(=O)OCC(=O)N1CCOCC1)C2=O. The fraction of sp³-hybridized carbons (Fsp3) is 0.765. The van der Waals surface area contributed by atoms with Crippen LogP contribution in [-0.2, 0) is 23.9 Å². The fourth-order valence-electron chi connectivity index (χ4n) is 3.86. The molecule has 0 unspecified atom stereocenters. The highest BCUT2D eigenvalue weighted by Crippen LogP contribution is 2.38. The van der Waals surface area contributed by atoms with Gasteiger partial charge in [-0.3, -0.25) is 19.3 Å². The van der Waals surface area contributed by atoms with E-state index in [-0.39, 0.29) is 17.7 Å². The summed E-state index contributed by atoms with van der Waals surface area (Å²) in [5.41, 5.74) is -0.904. The molecule has 2 atom stereocenters. The molecule has 4 amide bonds. The number of hydrogen-bond acceptors (Lipinski definition) is 6. The van der Waals surface area contributed by atoms with E-state index in [0.29, 0.717) is 32.7 Å². The van der Waals surface area contributed by atoms with Gasteiger partial charge in [0, 0.05) is 13.1 Å². The number of amides is 4. The average molecular weight is 367 g/mol. The number of ether oxygens (including phenoxy) is 2. The van der Waals surface area contributed by atoms with Crippen LogP contribution in [0.4, 0.5) is 4.79 Å². The van der Waals surface area contributed by atoms with E-state index < -0.39 is 30.7 Å². The van der Waals surface area contributed by atoms with E-state index in [1.54, 1.807) is 4.90 Å². The molecule has 9 nitrogen and oxygen atoms in total. The van der Waals surface area contributed by atoms with E-state index in [1.165, 1.54) is 0 Å². The number of nitrogens with zero attached hydrogens (tertiary/aromatic N) is 2. The smallest absolute Gasteiger partial charge is 0.326 e. The van der Waals surface area contributed by atoms with Crippen molar-refractivity contribution >= 4 is 23.8 Å². The lowest BCUT2D eigenvalue weighted by Gasteiger charge is -2.36. The Hall–Kier alpha value is -2.16. The largest absolute Gasteiger partial charge is 0.454 e. The van der Waals surface area contributed by atoms with E-state index in [0.717, 1.165) is 24.2 Å². The van der Waals surface area contributed by atoms with Gasteiger partial charge in [-0.05, 0) is 18.8 Å². The summed E-state index contributed by atoms with van der Waals surface area (Å²) in [6.45, 7) is 2.91. The Labute approximate surface area is 152 Å². The number of urea groups is 1. The highest BCUT2D eigenvalue weighted by atomic mass is 16.5. The van der Waals surface area contributed by atoms with Crippen LogP contribution in [0.3, 0.4) is 0 Å². The number of morpholine rings is 1. The third kappa shape index (κ3) is 3.53. The molecule has 0 aromatic carbocycles. The first kappa shape index (κ1) is 18.6. The van der Waals surface area contributed by atoms with E-state index in [1.807, 2.05) is 6.92 Å². The van der Waals surface area contributed by atoms with Crippen molar-refractivity contribution < 1.29 is 28.7 Å². The van der Waals surface area contributed by atoms with Gasteiger partial charge < -0.3 is 19.7 Å². The summed E-state index contributed by atoms with van der Waals surface area (Å²) in [6.07, 6.45) is 3.33. The van der Waals surface area contributed by atoms with Gasteiger partial charge in [0.25, 0.3) is 11.8 Å². The molecule has 1 saturated carbocycles. The van der Waals surface area contributed by atoms with Crippen molar-refractivity contribution in [1.29, 1.82) is 0 Å². The Morgan fingerprint density at radius 3 is 2.69 bits per heavy atom. The van der Waals surface area contributed by atoms with Crippen molar-refractivity contribution in [2.45, 2.75) is 38.1 Å². The molecule has 0 radical (unpaired) electrons. The monoisotopic (exact) mass is 367 g/mol. The van der Waals surface area contributed by atoms with Gasteiger partial charge in [-0.2, -0.15) is 0 Å². The fourth-order valence-corrected chi connectivity index (χ4v) is 3.86. The zero-order valence-corrected chi connectivity index (χ0v) is 15.0. The molecule has 9 heteroatoms. The maximum Gasteiger partial charge on any atom is 0.326 e. The Bertz CT molecular complexity index is 603. The molecular weight excluding hydrogens is 342 g/mol. The molecule has 2 heterocycles. The maximum atomic E-state index is 12.8. The van der Waals surface area contributed by atoms with Crippen molar-refractivity contribution in [2.75, 3.05) is 39.5 Å². The Balaban J connectivity index is 1.53. The first-order valence-corrected chi connectivity index (χ1v) is 9.09. The number of rotatable bonds is 4. The lowest BCUT2D eigenvalue weighted by molar-refractivity contribution is -0.155. The average Bonchev–Trinajstić information content (AvgIpc) is 2.88. The van der Waals surface area contributed by atoms with Crippen LogP contribution in [0.25, 0.3) is 0 Å². The zero-order valence-electron chi connectivity index (χ0n) is 15.0. The molecule has 26 heavy (non-hydrogen) atoms. The highest BCUT2D eigenvalue weighted by Gasteiger charge is 2.55. The maximum absolute atomic E-state index is 12.8. The van der Waals surface area contributed by atoms with Gasteiger partial charge in [0.15, 0.2) is 6.61 Å². The van der Waals surface area contributed by atoms with Gasteiger partial charge >= 0.3 is 12.0 Å². The predicted octanol–water partition coefficient (Wildman–Crippen LogP) is -0.111. The molecule has 0 aromatic rings. The van der Waals surface area contributed by atoms with Gasteiger partial charge in [0.05, 0.1) is 13.2 Å². The van der Waals surface area contributed by atoms with Crippen molar-refractivity contribution in [1.82, 2.24) is 15.1 Å². The zero-order chi connectivity index (χ0) is 18.7. The first-order chi connectivity index (χ1) is 12.4. The summed E-state index contributed by atoms with van der Waals surface area (Å²) in [5, 5.41) is 2.78. The van der Waals surface area contributed by atoms with Crippen LogP contribution in [0.5, 0.6) is 0 Å². The van der Waals surface area contributed by atoms with Gasteiger partial charge in [0.1, 0.15) is 12.1 Å². The van der Waals surface area contributed by atoms with E-state index in [2.05, 4.69) is 5.32 Å². The number of carbonyl (C=O) groups is 4. The van der Waals surface area contributed by atoms with Crippen molar-refractivity contribution in [3.05, 3.63) is 0 Å². The molecule has 2 saturated heterocycles. The standard InChI is InChI=1S/C17H25N3O6/c1-12-4-2-3-5-17(12)15(23)20(16(24)18-17)10-14(22)26-11-13(21)19-6-8-25-9-7-19/h12H,2-11H2,1H3,(H,18,24)/t12-,17+/m1/s1. The van der Waals surface area contributed by atoms with Crippen LogP contribution in [0, 0.1) is 5.92 Å². The molecule has 3 aliphatic rings. The third-order valence-corrected chi connectivity index (χ3v) is 5.51. The second-order valence-corrected chi connectivity index (χ2v) is 7.09. The number of nitrogens with one attached hydrogen (secondary N) is 1. The summed E-state index contributed by atoms with van der Waals surface area (Å²) < 4.78 is 10.1. The van der Waals surface area contributed by atoms with Gasteiger partial charge in [0.2, 0.25) is 0 Å². The van der Waals surface area contributed by atoms with Crippen molar-refractivity contribution in [3.63, 3.8) is 0 Å². The van der Waals surface area contributed by atoms with Crippen LogP contribution < -0.4 is 5.32 Å². The highest BCUT2D eigenvalue weighted by molar-refractivity contribution is 6.09. The van der Waals surface area contributed by atoms with E-state index >= 15 is 0 Å². The molecule has 2 aliphatic heterocycles.